The molecule has 0 aromatic heterocycles. The van der Waals surface area contributed by atoms with E-state index in [-0.39, 0.29) is 4.90 Å². The summed E-state index contributed by atoms with van der Waals surface area (Å²) in [5, 5.41) is 11.4. The molecule has 0 saturated heterocycles. The van der Waals surface area contributed by atoms with Crippen molar-refractivity contribution in [2.45, 2.75) is 11.7 Å². The Morgan fingerprint density at radius 3 is 1.77 bits per heavy atom. The van der Waals surface area contributed by atoms with E-state index in [1.165, 1.54) is 38.2 Å². The number of amides is 1. The highest BCUT2D eigenvalue weighted by molar-refractivity contribution is 7.97. The van der Waals surface area contributed by atoms with E-state index in [4.69, 9.17) is 16.9 Å². The summed E-state index contributed by atoms with van der Waals surface area (Å²) in [6.45, 7) is -1.16. The molecule has 0 aromatic carbocycles. The Balaban J connectivity index is 5.95. The van der Waals surface area contributed by atoms with Crippen LogP contribution in [-0.2, 0) is 21.4 Å². The van der Waals surface area contributed by atoms with E-state index in [1.807, 2.05) is 0 Å². The average molecular weight is 365 g/mol. The zero-order valence-corrected chi connectivity index (χ0v) is 14.4. The molecular formula is C9H19F3N5O3PS. The van der Waals surface area contributed by atoms with Crippen LogP contribution in [0.25, 0.3) is 0 Å². The zero-order chi connectivity index (χ0) is 17.7. The van der Waals surface area contributed by atoms with Crippen LogP contribution in [0.3, 0.4) is 0 Å². The second-order valence-corrected chi connectivity index (χ2v) is 6.46. The molecule has 1 amide bonds. The van der Waals surface area contributed by atoms with Crippen molar-refractivity contribution in [3.63, 3.8) is 0 Å². The van der Waals surface area contributed by atoms with Crippen molar-refractivity contribution in [1.29, 1.82) is 0 Å². The number of rotatable bonds is 8. The van der Waals surface area contributed by atoms with Gasteiger partial charge in [0.15, 0.2) is 5.53 Å². The molecule has 0 heterocycles. The van der Waals surface area contributed by atoms with Gasteiger partial charge >= 0.3 is 18.1 Å². The largest absolute Gasteiger partial charge is 0.480 e. The monoisotopic (exact) mass is 365 g/mol. The van der Waals surface area contributed by atoms with Crippen molar-refractivity contribution in [2.24, 2.45) is 0 Å². The van der Waals surface area contributed by atoms with E-state index in [0.717, 1.165) is 0 Å². The first kappa shape index (κ1) is 21.2. The summed E-state index contributed by atoms with van der Waals surface area (Å²) in [6, 6.07) is 0. The second kappa shape index (κ2) is 8.18. The van der Waals surface area contributed by atoms with E-state index in [9.17, 15) is 22.8 Å². The summed E-state index contributed by atoms with van der Waals surface area (Å²) in [6.07, 6.45) is -5.23. The van der Waals surface area contributed by atoms with E-state index >= 15 is 0 Å². The lowest BCUT2D eigenvalue weighted by Gasteiger charge is -2.44. The lowest BCUT2D eigenvalue weighted by Crippen LogP contribution is -2.72. The number of aliphatic carboxylic acids is 1. The normalized spacial score (nSPS) is 13.3. The average Bonchev–Trinajstić information content (AvgIpc) is 2.31. The fourth-order valence-electron chi connectivity index (χ4n) is 1.59. The molecule has 8 nitrogen and oxygen atoms in total. The molecule has 3 N–H and O–H groups in total. The number of hydrazine groups is 2. The van der Waals surface area contributed by atoms with Crippen LogP contribution >= 0.6 is 7.36 Å². The molecule has 0 saturated carbocycles. The number of hydrogen-bond acceptors (Lipinski definition) is 7. The first-order valence-corrected chi connectivity index (χ1v) is 8.29. The van der Waals surface area contributed by atoms with Crippen LogP contribution in [0.1, 0.15) is 0 Å². The number of carboxylic acid groups (broad SMARTS) is 1. The first-order chi connectivity index (χ1) is 9.85. The Labute approximate surface area is 132 Å². The molecule has 0 fully saturated rings. The van der Waals surface area contributed by atoms with Crippen molar-refractivity contribution in [3.8, 4) is 0 Å². The number of alkyl halides is 3. The lowest BCUT2D eigenvalue weighted by molar-refractivity contribution is -0.195. The maximum Gasteiger partial charge on any atom is 0.471 e. The van der Waals surface area contributed by atoms with Gasteiger partial charge in [-0.05, 0) is 7.36 Å². The van der Waals surface area contributed by atoms with Crippen LogP contribution in [0.15, 0.2) is 0 Å². The maximum atomic E-state index is 12.8. The fraction of sp³-hybridized carbons (Fsp3) is 0.778. The Hall–Kier alpha value is -0.780. The van der Waals surface area contributed by atoms with Gasteiger partial charge in [-0.15, -0.1) is 0 Å². The molecule has 0 aliphatic rings. The number of carbonyl (C=O) groups excluding carboxylic acids is 1. The SMILES string of the molecule is CN(C)NC(NN(C)C)([PH2]=S)N(CC(=O)O)C(=O)C(F)(F)F. The molecule has 0 radical (unpaired) electrons. The van der Waals surface area contributed by atoms with Gasteiger partial charge in [-0.2, -0.15) is 13.2 Å². The number of carboxylic acids is 1. The highest BCUT2D eigenvalue weighted by Crippen LogP contribution is 2.28. The molecule has 13 heteroatoms. The number of nitrogens with one attached hydrogen (secondary N) is 2. The third kappa shape index (κ3) is 6.15. The molecule has 0 rings (SSSR count). The summed E-state index contributed by atoms with van der Waals surface area (Å²) in [5.74, 6) is -3.89. The Kier molecular flexibility index (Phi) is 7.89. The molecule has 0 spiro atoms. The Bertz CT molecular complexity index is 425. The Morgan fingerprint density at radius 2 is 1.55 bits per heavy atom. The molecule has 0 aliphatic carbocycles. The number of halogens is 3. The molecule has 1 unspecified atom stereocenters. The molecule has 0 aromatic rings. The van der Waals surface area contributed by atoms with E-state index in [1.54, 1.807) is 0 Å². The van der Waals surface area contributed by atoms with Crippen LogP contribution in [0.4, 0.5) is 13.2 Å². The molecule has 22 heavy (non-hydrogen) atoms. The summed E-state index contributed by atoms with van der Waals surface area (Å²) in [7, 11) is 4.64. The van der Waals surface area contributed by atoms with Crippen LogP contribution in [-0.4, -0.2) is 78.3 Å². The zero-order valence-electron chi connectivity index (χ0n) is 12.4. The van der Waals surface area contributed by atoms with Crippen molar-refractivity contribution in [1.82, 2.24) is 25.8 Å². The third-order valence-corrected chi connectivity index (χ3v) is 4.10. The van der Waals surface area contributed by atoms with Gasteiger partial charge in [0, 0.05) is 28.2 Å². The summed E-state index contributed by atoms with van der Waals surface area (Å²) >= 11 is 4.94. The van der Waals surface area contributed by atoms with E-state index < -0.39 is 37.5 Å². The van der Waals surface area contributed by atoms with Crippen molar-refractivity contribution in [2.75, 3.05) is 34.7 Å². The smallest absolute Gasteiger partial charge is 0.471 e. The van der Waals surface area contributed by atoms with Gasteiger partial charge in [-0.1, -0.05) is 11.8 Å². The predicted molar refractivity (Wildman–Crippen MR) is 78.9 cm³/mol. The minimum absolute atomic E-state index is 0.150. The molecular weight excluding hydrogens is 346 g/mol. The van der Waals surface area contributed by atoms with E-state index in [2.05, 4.69) is 10.9 Å². The minimum atomic E-state index is -5.23. The van der Waals surface area contributed by atoms with Gasteiger partial charge in [-0.3, -0.25) is 14.5 Å². The van der Waals surface area contributed by atoms with Crippen LogP contribution in [0, 0.1) is 0 Å². The standard InChI is InChI=1S/C9H19F3N5O3PS/c1-15(2)13-9(21-22,14-16(3)4)17(5-6(18)19)7(20)8(10,11)12/h13-14H,5,21H2,1-4H3,(H,18,19). The minimum Gasteiger partial charge on any atom is -0.480 e. The van der Waals surface area contributed by atoms with Crippen molar-refractivity contribution >= 4 is 31.0 Å². The van der Waals surface area contributed by atoms with Gasteiger partial charge in [0.2, 0.25) is 0 Å². The van der Waals surface area contributed by atoms with Gasteiger partial charge in [0.25, 0.3) is 0 Å². The van der Waals surface area contributed by atoms with Crippen LogP contribution < -0.4 is 10.9 Å². The molecule has 130 valence electrons. The first-order valence-electron chi connectivity index (χ1n) is 5.83. The topological polar surface area (TPSA) is 88.2 Å². The van der Waals surface area contributed by atoms with Crippen LogP contribution in [0.2, 0.25) is 0 Å². The van der Waals surface area contributed by atoms with Gasteiger partial charge in [0.05, 0.1) is 0 Å². The number of hydrogen-bond donors (Lipinski definition) is 3. The maximum absolute atomic E-state index is 12.8. The summed E-state index contributed by atoms with van der Waals surface area (Å²) in [5.41, 5.74) is 3.32. The van der Waals surface area contributed by atoms with Gasteiger partial charge in [0.1, 0.15) is 6.54 Å². The summed E-state index contributed by atoms with van der Waals surface area (Å²) < 4.78 is 38.4. The van der Waals surface area contributed by atoms with Crippen LogP contribution in [0.5, 0.6) is 0 Å². The number of nitrogens with zero attached hydrogens (tertiary/aromatic N) is 3. The summed E-state index contributed by atoms with van der Waals surface area (Å²) in [4.78, 5) is 22.7. The van der Waals surface area contributed by atoms with Crippen molar-refractivity contribution in [3.05, 3.63) is 0 Å². The quantitative estimate of drug-likeness (QED) is 0.289. The molecule has 0 aliphatic heterocycles. The highest BCUT2D eigenvalue weighted by atomic mass is 32.4. The molecule has 0 bridgehead atoms. The lowest BCUT2D eigenvalue weighted by atomic mass is 10.4. The number of carbonyl (C=O) groups is 2. The van der Waals surface area contributed by atoms with Gasteiger partial charge < -0.3 is 5.11 Å². The molecule has 1 atom stereocenters. The van der Waals surface area contributed by atoms with E-state index in [0.29, 0.717) is 0 Å². The van der Waals surface area contributed by atoms with Crippen molar-refractivity contribution < 1.29 is 27.9 Å². The fourth-order valence-corrected chi connectivity index (χ4v) is 3.24. The third-order valence-electron chi connectivity index (χ3n) is 2.17. The highest BCUT2D eigenvalue weighted by Gasteiger charge is 2.50. The predicted octanol–water partition coefficient (Wildman–Crippen LogP) is -0.922. The Morgan fingerprint density at radius 1 is 1.14 bits per heavy atom. The second-order valence-electron chi connectivity index (χ2n) is 4.68. The van der Waals surface area contributed by atoms with Gasteiger partial charge in [-0.25, -0.2) is 20.9 Å².